The summed E-state index contributed by atoms with van der Waals surface area (Å²) in [5, 5.41) is 10.6. The largest absolute Gasteiger partial charge is 0.349 e. The van der Waals surface area contributed by atoms with E-state index in [0.29, 0.717) is 0 Å². The molecule has 1 aliphatic rings. The second-order valence-electron chi connectivity index (χ2n) is 4.18. The van der Waals surface area contributed by atoms with Crippen molar-refractivity contribution in [2.75, 3.05) is 19.4 Å². The molecule has 92 valence electrons. The standard InChI is InChI=1S/C11H17N5S/c1-7-5-17-6-9(7)14-10-12-8(2)13-11(15-10)16(3)4/h5-6,8H,1-4H3,(H2,12,13,14,15). The fourth-order valence-corrected chi connectivity index (χ4v) is 2.25. The monoisotopic (exact) mass is 251 g/mol. The molecule has 0 fully saturated rings. The van der Waals surface area contributed by atoms with E-state index >= 15 is 0 Å². The Labute approximate surface area is 105 Å². The lowest BCUT2D eigenvalue weighted by molar-refractivity contribution is 0.582. The number of nitrogens with zero attached hydrogens (tertiary/aromatic N) is 3. The van der Waals surface area contributed by atoms with E-state index < -0.39 is 0 Å². The van der Waals surface area contributed by atoms with Crippen LogP contribution in [0.1, 0.15) is 12.5 Å². The van der Waals surface area contributed by atoms with Crippen molar-refractivity contribution in [1.29, 1.82) is 0 Å². The van der Waals surface area contributed by atoms with Crippen molar-refractivity contribution in [1.82, 2.24) is 10.2 Å². The predicted octanol–water partition coefficient (Wildman–Crippen LogP) is 1.69. The van der Waals surface area contributed by atoms with Crippen LogP contribution in [0.3, 0.4) is 0 Å². The zero-order valence-electron chi connectivity index (χ0n) is 10.5. The summed E-state index contributed by atoms with van der Waals surface area (Å²) in [5.74, 6) is 1.57. The maximum atomic E-state index is 4.42. The minimum atomic E-state index is -0.0601. The molecule has 1 aromatic heterocycles. The second kappa shape index (κ2) is 4.75. The Morgan fingerprint density at radius 2 is 2.12 bits per heavy atom. The van der Waals surface area contributed by atoms with Gasteiger partial charge < -0.3 is 10.2 Å². The van der Waals surface area contributed by atoms with E-state index in [1.165, 1.54) is 5.56 Å². The van der Waals surface area contributed by atoms with E-state index in [1.807, 2.05) is 25.9 Å². The van der Waals surface area contributed by atoms with Gasteiger partial charge >= 0.3 is 0 Å². The number of rotatable bonds is 1. The van der Waals surface area contributed by atoms with Gasteiger partial charge in [-0.1, -0.05) is 0 Å². The summed E-state index contributed by atoms with van der Waals surface area (Å²) in [4.78, 5) is 10.7. The van der Waals surface area contributed by atoms with Crippen LogP contribution in [-0.4, -0.2) is 37.1 Å². The maximum absolute atomic E-state index is 4.42. The lowest BCUT2D eigenvalue weighted by atomic mass is 10.3. The Hall–Kier alpha value is -1.56. The number of anilines is 1. The number of hydrogen-bond donors (Lipinski definition) is 2. The SMILES string of the molecule is Cc1cscc1NC1=NC(C)N=C(N(C)C)N1. The Bertz CT molecular complexity index is 460. The number of nitrogens with one attached hydrogen (secondary N) is 2. The van der Waals surface area contributed by atoms with Gasteiger partial charge in [0.15, 0.2) is 0 Å². The van der Waals surface area contributed by atoms with Crippen LogP contribution in [-0.2, 0) is 0 Å². The van der Waals surface area contributed by atoms with Gasteiger partial charge in [0, 0.05) is 19.5 Å². The summed E-state index contributed by atoms with van der Waals surface area (Å²) in [5.41, 5.74) is 2.31. The molecule has 2 heterocycles. The molecule has 2 rings (SSSR count). The molecule has 1 unspecified atom stereocenters. The lowest BCUT2D eigenvalue weighted by Crippen LogP contribution is -2.46. The number of guanidine groups is 2. The highest BCUT2D eigenvalue weighted by atomic mass is 32.1. The van der Waals surface area contributed by atoms with E-state index in [9.17, 15) is 0 Å². The highest BCUT2D eigenvalue weighted by Crippen LogP contribution is 2.19. The summed E-state index contributed by atoms with van der Waals surface area (Å²) in [6.45, 7) is 4.04. The van der Waals surface area contributed by atoms with Crippen LogP contribution in [0.15, 0.2) is 20.7 Å². The van der Waals surface area contributed by atoms with Gasteiger partial charge in [-0.2, -0.15) is 0 Å². The van der Waals surface area contributed by atoms with Crippen molar-refractivity contribution < 1.29 is 0 Å². The average Bonchev–Trinajstić information content (AvgIpc) is 2.63. The quantitative estimate of drug-likeness (QED) is 0.798. The summed E-state index contributed by atoms with van der Waals surface area (Å²) in [6.07, 6.45) is -0.0601. The van der Waals surface area contributed by atoms with Crippen LogP contribution < -0.4 is 10.6 Å². The number of thiophene rings is 1. The topological polar surface area (TPSA) is 52.0 Å². The smallest absolute Gasteiger partial charge is 0.204 e. The van der Waals surface area contributed by atoms with Gasteiger partial charge in [0.05, 0.1) is 5.69 Å². The lowest BCUT2D eigenvalue weighted by Gasteiger charge is -2.24. The Kier molecular flexibility index (Phi) is 3.33. The molecule has 1 atom stereocenters. The average molecular weight is 251 g/mol. The molecular weight excluding hydrogens is 234 g/mol. The van der Waals surface area contributed by atoms with Gasteiger partial charge in [0.1, 0.15) is 6.17 Å². The third-order valence-corrected chi connectivity index (χ3v) is 3.25. The van der Waals surface area contributed by atoms with Gasteiger partial charge in [-0.15, -0.1) is 11.3 Å². The van der Waals surface area contributed by atoms with Crippen LogP contribution in [0.4, 0.5) is 5.69 Å². The van der Waals surface area contributed by atoms with E-state index in [-0.39, 0.29) is 6.17 Å². The van der Waals surface area contributed by atoms with Crippen molar-refractivity contribution in [3.8, 4) is 0 Å². The normalized spacial score (nSPS) is 19.2. The number of aliphatic imine (C=N–C) groups is 2. The van der Waals surface area contributed by atoms with Gasteiger partial charge in [0.2, 0.25) is 11.9 Å². The molecular formula is C11H17N5S. The molecule has 1 aliphatic heterocycles. The van der Waals surface area contributed by atoms with Crippen molar-refractivity contribution >= 4 is 28.9 Å². The third-order valence-electron chi connectivity index (χ3n) is 2.39. The van der Waals surface area contributed by atoms with E-state index in [4.69, 9.17) is 0 Å². The molecule has 0 radical (unpaired) electrons. The molecule has 0 spiro atoms. The molecule has 0 saturated heterocycles. The first-order valence-corrected chi connectivity index (χ1v) is 6.40. The van der Waals surface area contributed by atoms with Crippen molar-refractivity contribution in [2.24, 2.45) is 9.98 Å². The Morgan fingerprint density at radius 3 is 2.71 bits per heavy atom. The zero-order valence-corrected chi connectivity index (χ0v) is 11.3. The molecule has 17 heavy (non-hydrogen) atoms. The minimum absolute atomic E-state index is 0.0601. The summed E-state index contributed by atoms with van der Waals surface area (Å²) < 4.78 is 0. The molecule has 1 aromatic rings. The molecule has 2 N–H and O–H groups in total. The molecule has 6 heteroatoms. The fraction of sp³-hybridized carbons (Fsp3) is 0.455. The van der Waals surface area contributed by atoms with Crippen LogP contribution in [0.5, 0.6) is 0 Å². The first-order chi connectivity index (χ1) is 8.06. The minimum Gasteiger partial charge on any atom is -0.349 e. The molecule has 0 aromatic carbocycles. The molecule has 0 aliphatic carbocycles. The van der Waals surface area contributed by atoms with Gasteiger partial charge in [-0.25, -0.2) is 9.98 Å². The maximum Gasteiger partial charge on any atom is 0.204 e. The summed E-state index contributed by atoms with van der Waals surface area (Å²) in [7, 11) is 3.91. The van der Waals surface area contributed by atoms with Gasteiger partial charge in [0.25, 0.3) is 0 Å². The Balaban J connectivity index is 2.11. The van der Waals surface area contributed by atoms with E-state index in [0.717, 1.165) is 17.6 Å². The highest BCUT2D eigenvalue weighted by molar-refractivity contribution is 7.08. The van der Waals surface area contributed by atoms with Crippen LogP contribution in [0, 0.1) is 6.92 Å². The van der Waals surface area contributed by atoms with Crippen molar-refractivity contribution in [2.45, 2.75) is 20.0 Å². The van der Waals surface area contributed by atoms with Crippen LogP contribution in [0.25, 0.3) is 0 Å². The third kappa shape index (κ3) is 2.76. The molecule has 0 saturated carbocycles. The first kappa shape index (κ1) is 11.9. The summed E-state index contributed by atoms with van der Waals surface area (Å²) >= 11 is 1.68. The second-order valence-corrected chi connectivity index (χ2v) is 4.92. The molecule has 0 amide bonds. The number of aryl methyl sites for hydroxylation is 1. The first-order valence-electron chi connectivity index (χ1n) is 5.46. The van der Waals surface area contributed by atoms with Crippen LogP contribution >= 0.6 is 11.3 Å². The molecule has 0 bridgehead atoms. The highest BCUT2D eigenvalue weighted by Gasteiger charge is 2.15. The van der Waals surface area contributed by atoms with Gasteiger partial charge in [-0.05, 0) is 24.8 Å². The zero-order chi connectivity index (χ0) is 12.4. The predicted molar refractivity (Wildman–Crippen MR) is 73.8 cm³/mol. The van der Waals surface area contributed by atoms with Crippen molar-refractivity contribution in [3.63, 3.8) is 0 Å². The van der Waals surface area contributed by atoms with Gasteiger partial charge in [-0.3, -0.25) is 5.32 Å². The van der Waals surface area contributed by atoms with Crippen LogP contribution in [0.2, 0.25) is 0 Å². The number of hydrogen-bond acceptors (Lipinski definition) is 6. The van der Waals surface area contributed by atoms with E-state index in [2.05, 4.69) is 38.3 Å². The molecule has 5 nitrogen and oxygen atoms in total. The van der Waals surface area contributed by atoms with E-state index in [1.54, 1.807) is 11.3 Å². The summed E-state index contributed by atoms with van der Waals surface area (Å²) in [6, 6.07) is 0. The Morgan fingerprint density at radius 1 is 1.35 bits per heavy atom. The van der Waals surface area contributed by atoms with Crippen molar-refractivity contribution in [3.05, 3.63) is 16.3 Å². The fourth-order valence-electron chi connectivity index (χ4n) is 1.47.